The van der Waals surface area contributed by atoms with Crippen LogP contribution in [0.2, 0.25) is 0 Å². The number of anilines is 1. The molecule has 0 radical (unpaired) electrons. The molecule has 2 saturated heterocycles. The minimum atomic E-state index is -0.376. The normalized spacial score (nSPS) is 20.4. The van der Waals surface area contributed by atoms with Gasteiger partial charge in [0.15, 0.2) is 0 Å². The number of nitrogens with one attached hydrogen (secondary N) is 1. The summed E-state index contributed by atoms with van der Waals surface area (Å²) in [6.45, 7) is 4.25. The van der Waals surface area contributed by atoms with Gasteiger partial charge in [-0.3, -0.25) is 19.4 Å². The number of amides is 2. The number of carbonyl (C=O) groups excluding carboxylic acids is 2. The first-order valence-corrected chi connectivity index (χ1v) is 11.3. The maximum Gasteiger partial charge on any atom is 0.238 e. The molecule has 6 nitrogen and oxygen atoms in total. The number of likely N-dealkylation sites (tertiary alicyclic amines) is 1. The van der Waals surface area contributed by atoms with Crippen LogP contribution in [0.3, 0.4) is 0 Å². The van der Waals surface area contributed by atoms with E-state index in [0.29, 0.717) is 44.5 Å². The molecule has 0 spiro atoms. The van der Waals surface area contributed by atoms with Gasteiger partial charge in [0.1, 0.15) is 5.82 Å². The fourth-order valence-corrected chi connectivity index (χ4v) is 5.11. The van der Waals surface area contributed by atoms with Crippen molar-refractivity contribution in [3.8, 4) is 0 Å². The van der Waals surface area contributed by atoms with E-state index in [1.165, 1.54) is 17.0 Å². The van der Waals surface area contributed by atoms with Gasteiger partial charge in [-0.2, -0.15) is 0 Å². The number of thiophene rings is 1. The van der Waals surface area contributed by atoms with Crippen molar-refractivity contribution in [1.29, 1.82) is 0 Å². The number of hydrogen-bond acceptors (Lipinski definition) is 5. The van der Waals surface area contributed by atoms with E-state index in [1.807, 2.05) is 9.80 Å². The van der Waals surface area contributed by atoms with Crippen LogP contribution < -0.4 is 5.32 Å². The minimum Gasteiger partial charge on any atom is -0.339 e. The monoisotopic (exact) mass is 430 g/mol. The van der Waals surface area contributed by atoms with Crippen LogP contribution in [0.4, 0.5) is 10.1 Å². The number of rotatable bonds is 6. The second-order valence-electron chi connectivity index (χ2n) is 7.86. The van der Waals surface area contributed by atoms with Crippen LogP contribution in [0, 0.1) is 5.82 Å². The predicted octanol–water partition coefficient (Wildman–Crippen LogP) is 2.81. The Labute approximate surface area is 180 Å². The Bertz CT molecular complexity index is 868. The number of hydrogen-bond donors (Lipinski definition) is 1. The third-order valence-electron chi connectivity index (χ3n) is 5.77. The fraction of sp³-hybridized carbons (Fsp3) is 0.455. The standard InChI is InChI=1S/C22H27FN4O2S/c23-17-4-1-5-18(14-17)24-21(28)15-25-9-11-26(12-10-25)22(29)16-27-8-2-6-19(27)20-7-3-13-30-20/h1,3-5,7,13-14,19H,2,6,8-12,15-16H2,(H,24,28). The number of nitrogens with zero attached hydrogens (tertiary/aromatic N) is 3. The Balaban J connectivity index is 1.22. The summed E-state index contributed by atoms with van der Waals surface area (Å²) in [4.78, 5) is 32.6. The van der Waals surface area contributed by atoms with Gasteiger partial charge in [-0.25, -0.2) is 4.39 Å². The first kappa shape index (κ1) is 21.0. The summed E-state index contributed by atoms with van der Waals surface area (Å²) < 4.78 is 13.2. The Morgan fingerprint density at radius 3 is 2.63 bits per heavy atom. The van der Waals surface area contributed by atoms with E-state index in [2.05, 4.69) is 27.7 Å². The summed E-state index contributed by atoms with van der Waals surface area (Å²) in [5, 5.41) is 4.82. The van der Waals surface area contributed by atoms with E-state index in [4.69, 9.17) is 0 Å². The zero-order chi connectivity index (χ0) is 20.9. The molecule has 1 atom stereocenters. The van der Waals surface area contributed by atoms with Crippen molar-refractivity contribution in [3.63, 3.8) is 0 Å². The van der Waals surface area contributed by atoms with Gasteiger partial charge in [-0.05, 0) is 49.0 Å². The van der Waals surface area contributed by atoms with Crippen LogP contribution in [-0.2, 0) is 9.59 Å². The lowest BCUT2D eigenvalue weighted by Gasteiger charge is -2.35. The molecule has 8 heteroatoms. The number of halogens is 1. The highest BCUT2D eigenvalue weighted by Crippen LogP contribution is 2.34. The van der Waals surface area contributed by atoms with E-state index < -0.39 is 0 Å². The van der Waals surface area contributed by atoms with Crippen molar-refractivity contribution < 1.29 is 14.0 Å². The van der Waals surface area contributed by atoms with Gasteiger partial charge in [0.25, 0.3) is 0 Å². The average molecular weight is 431 g/mol. The van der Waals surface area contributed by atoms with Crippen molar-refractivity contribution in [2.24, 2.45) is 0 Å². The topological polar surface area (TPSA) is 55.9 Å². The zero-order valence-electron chi connectivity index (χ0n) is 16.9. The lowest BCUT2D eigenvalue weighted by molar-refractivity contribution is -0.134. The van der Waals surface area contributed by atoms with E-state index in [1.54, 1.807) is 23.5 Å². The Kier molecular flexibility index (Phi) is 6.76. The first-order valence-electron chi connectivity index (χ1n) is 10.4. The summed E-state index contributed by atoms with van der Waals surface area (Å²) >= 11 is 1.76. The molecule has 3 heterocycles. The van der Waals surface area contributed by atoms with Crippen LogP contribution in [0.25, 0.3) is 0 Å². The Morgan fingerprint density at radius 2 is 1.90 bits per heavy atom. The summed E-state index contributed by atoms with van der Waals surface area (Å²) in [5.41, 5.74) is 0.458. The van der Waals surface area contributed by atoms with Crippen molar-refractivity contribution >= 4 is 28.8 Å². The largest absolute Gasteiger partial charge is 0.339 e. The highest BCUT2D eigenvalue weighted by molar-refractivity contribution is 7.10. The molecule has 30 heavy (non-hydrogen) atoms. The van der Waals surface area contributed by atoms with Crippen molar-refractivity contribution in [2.45, 2.75) is 18.9 Å². The summed E-state index contributed by atoms with van der Waals surface area (Å²) in [7, 11) is 0. The molecule has 1 N–H and O–H groups in total. The van der Waals surface area contributed by atoms with Crippen LogP contribution in [0.5, 0.6) is 0 Å². The zero-order valence-corrected chi connectivity index (χ0v) is 17.7. The van der Waals surface area contributed by atoms with Crippen molar-refractivity contribution in [3.05, 3.63) is 52.5 Å². The number of benzene rings is 1. The van der Waals surface area contributed by atoms with Crippen molar-refractivity contribution in [2.75, 3.05) is 51.1 Å². The predicted molar refractivity (Wildman–Crippen MR) is 116 cm³/mol. The van der Waals surface area contributed by atoms with Gasteiger partial charge in [-0.1, -0.05) is 12.1 Å². The summed E-state index contributed by atoms with van der Waals surface area (Å²) in [6, 6.07) is 10.5. The molecule has 0 saturated carbocycles. The van der Waals surface area contributed by atoms with Crippen LogP contribution in [0.1, 0.15) is 23.8 Å². The van der Waals surface area contributed by atoms with E-state index in [-0.39, 0.29) is 24.2 Å². The van der Waals surface area contributed by atoms with Gasteiger partial charge < -0.3 is 10.2 Å². The summed E-state index contributed by atoms with van der Waals surface area (Å²) in [6.07, 6.45) is 2.24. The second kappa shape index (κ2) is 9.68. The molecule has 1 unspecified atom stereocenters. The van der Waals surface area contributed by atoms with E-state index in [9.17, 15) is 14.0 Å². The van der Waals surface area contributed by atoms with E-state index in [0.717, 1.165) is 19.4 Å². The van der Waals surface area contributed by atoms with Gasteiger partial charge in [0.2, 0.25) is 11.8 Å². The van der Waals surface area contributed by atoms with Gasteiger partial charge in [0.05, 0.1) is 13.1 Å². The molecule has 1 aromatic carbocycles. The third kappa shape index (κ3) is 5.24. The van der Waals surface area contributed by atoms with Crippen LogP contribution in [-0.4, -0.2) is 72.3 Å². The van der Waals surface area contributed by atoms with Gasteiger partial charge >= 0.3 is 0 Å². The lowest BCUT2D eigenvalue weighted by Crippen LogP contribution is -2.52. The minimum absolute atomic E-state index is 0.169. The maximum atomic E-state index is 13.2. The molecule has 2 aliphatic rings. The highest BCUT2D eigenvalue weighted by Gasteiger charge is 2.30. The fourth-order valence-electron chi connectivity index (χ4n) is 4.22. The molecule has 0 bridgehead atoms. The molecule has 2 aromatic rings. The Hall–Kier alpha value is -2.29. The van der Waals surface area contributed by atoms with Crippen LogP contribution in [0.15, 0.2) is 41.8 Å². The molecule has 160 valence electrons. The lowest BCUT2D eigenvalue weighted by atomic mass is 10.2. The average Bonchev–Trinajstić information content (AvgIpc) is 3.40. The SMILES string of the molecule is O=C(CN1CCN(C(=O)CN2CCCC2c2cccs2)CC1)Nc1cccc(F)c1. The van der Waals surface area contributed by atoms with Gasteiger partial charge in [0, 0.05) is 42.8 Å². The second-order valence-corrected chi connectivity index (χ2v) is 8.84. The quantitative estimate of drug-likeness (QED) is 0.766. The molecule has 1 aromatic heterocycles. The summed E-state index contributed by atoms with van der Waals surface area (Å²) in [5.74, 6) is -0.377. The molecule has 0 aliphatic carbocycles. The highest BCUT2D eigenvalue weighted by atomic mass is 32.1. The van der Waals surface area contributed by atoms with E-state index >= 15 is 0 Å². The first-order chi connectivity index (χ1) is 14.6. The number of carbonyl (C=O) groups is 2. The number of piperazine rings is 1. The van der Waals surface area contributed by atoms with Gasteiger partial charge in [-0.15, -0.1) is 11.3 Å². The van der Waals surface area contributed by atoms with Crippen LogP contribution >= 0.6 is 11.3 Å². The molecular weight excluding hydrogens is 403 g/mol. The smallest absolute Gasteiger partial charge is 0.238 e. The molecule has 2 amide bonds. The maximum absolute atomic E-state index is 13.2. The molecular formula is C22H27FN4O2S. The molecule has 2 fully saturated rings. The molecule has 2 aliphatic heterocycles. The Morgan fingerprint density at radius 1 is 1.07 bits per heavy atom. The van der Waals surface area contributed by atoms with Crippen molar-refractivity contribution in [1.82, 2.24) is 14.7 Å². The molecule has 4 rings (SSSR count). The third-order valence-corrected chi connectivity index (χ3v) is 6.75.